The summed E-state index contributed by atoms with van der Waals surface area (Å²) in [7, 11) is 0. The number of thioether (sulfide) groups is 1. The SMILES string of the molecule is Cc1ccc(CSc2nnc(N3C(=O)C(=O)/C(=C(/O)c4ccc5c(c4)CC(C)O5)C3c3cccc(Oc4ccccc4)c3)s2)cc1. The molecule has 2 unspecified atom stereocenters. The van der Waals surface area contributed by atoms with E-state index in [1.54, 1.807) is 36.4 Å². The summed E-state index contributed by atoms with van der Waals surface area (Å²) in [6.45, 7) is 4.02. The van der Waals surface area contributed by atoms with Gasteiger partial charge in [-0.15, -0.1) is 10.2 Å². The van der Waals surface area contributed by atoms with Gasteiger partial charge >= 0.3 is 5.91 Å². The second kappa shape index (κ2) is 12.5. The third-order valence-electron chi connectivity index (χ3n) is 7.85. The maximum absolute atomic E-state index is 13.8. The number of Topliss-reactive ketones (excluding diaryl/α,β-unsaturated/α-hetero) is 1. The number of aliphatic hydroxyl groups is 1. The molecule has 2 atom stereocenters. The van der Waals surface area contributed by atoms with E-state index >= 15 is 0 Å². The number of amides is 1. The van der Waals surface area contributed by atoms with Gasteiger partial charge in [-0.25, -0.2) is 0 Å². The van der Waals surface area contributed by atoms with Crippen molar-refractivity contribution < 1.29 is 24.2 Å². The molecule has 46 heavy (non-hydrogen) atoms. The number of anilines is 1. The average molecular weight is 648 g/mol. The van der Waals surface area contributed by atoms with E-state index in [9.17, 15) is 14.7 Å². The summed E-state index contributed by atoms with van der Waals surface area (Å²) in [5.41, 5.74) is 4.23. The summed E-state index contributed by atoms with van der Waals surface area (Å²) >= 11 is 2.74. The zero-order valence-corrected chi connectivity index (χ0v) is 26.7. The van der Waals surface area contributed by atoms with Gasteiger partial charge in [0.25, 0.3) is 5.78 Å². The lowest BCUT2D eigenvalue weighted by Gasteiger charge is -2.23. The summed E-state index contributed by atoms with van der Waals surface area (Å²) in [5.74, 6) is 0.734. The van der Waals surface area contributed by atoms with E-state index in [1.807, 2.05) is 50.2 Å². The fourth-order valence-corrected chi connectivity index (χ4v) is 7.45. The van der Waals surface area contributed by atoms with Crippen LogP contribution in [0.3, 0.4) is 0 Å². The monoisotopic (exact) mass is 647 g/mol. The van der Waals surface area contributed by atoms with Crippen LogP contribution in [0.1, 0.15) is 40.8 Å². The normalized spacial score (nSPS) is 18.4. The van der Waals surface area contributed by atoms with Crippen molar-refractivity contribution in [2.75, 3.05) is 4.90 Å². The third-order valence-corrected chi connectivity index (χ3v) is 9.98. The molecule has 3 heterocycles. The average Bonchev–Trinajstić information content (AvgIpc) is 3.75. The first-order valence-electron chi connectivity index (χ1n) is 14.8. The zero-order valence-electron chi connectivity index (χ0n) is 25.0. The molecule has 230 valence electrons. The van der Waals surface area contributed by atoms with E-state index in [-0.39, 0.29) is 22.6 Å². The molecule has 2 aliphatic rings. The van der Waals surface area contributed by atoms with Crippen molar-refractivity contribution in [1.82, 2.24) is 10.2 Å². The molecule has 5 aromatic rings. The number of hydrogen-bond donors (Lipinski definition) is 1. The third kappa shape index (κ3) is 5.89. The van der Waals surface area contributed by atoms with Crippen LogP contribution < -0.4 is 14.4 Å². The number of aliphatic hydroxyl groups excluding tert-OH is 1. The van der Waals surface area contributed by atoms with E-state index in [0.29, 0.717) is 39.1 Å². The molecule has 1 amide bonds. The Morgan fingerprint density at radius 1 is 0.978 bits per heavy atom. The molecule has 0 bridgehead atoms. The lowest BCUT2D eigenvalue weighted by Crippen LogP contribution is -2.29. The van der Waals surface area contributed by atoms with Crippen molar-refractivity contribution in [2.24, 2.45) is 0 Å². The van der Waals surface area contributed by atoms with Gasteiger partial charge in [-0.05, 0) is 73.0 Å². The number of aryl methyl sites for hydroxylation is 1. The molecular weight excluding hydrogens is 619 g/mol. The number of fused-ring (bicyclic) bond motifs is 1. The van der Waals surface area contributed by atoms with Crippen molar-refractivity contribution in [3.63, 3.8) is 0 Å². The molecule has 1 saturated heterocycles. The minimum absolute atomic E-state index is 0.0146. The highest BCUT2D eigenvalue weighted by atomic mass is 32.2. The number of carbonyl (C=O) groups excluding carboxylic acids is 2. The predicted octanol–water partition coefficient (Wildman–Crippen LogP) is 7.88. The van der Waals surface area contributed by atoms with Gasteiger partial charge in [0.15, 0.2) is 4.34 Å². The molecule has 1 aromatic heterocycles. The van der Waals surface area contributed by atoms with Gasteiger partial charge in [0.2, 0.25) is 5.13 Å². The van der Waals surface area contributed by atoms with Crippen molar-refractivity contribution in [3.05, 3.63) is 130 Å². The number of carbonyl (C=O) groups is 2. The number of hydrogen-bond acceptors (Lipinski definition) is 9. The summed E-state index contributed by atoms with van der Waals surface area (Å²) in [6, 6.07) is 29.1. The first-order chi connectivity index (χ1) is 22.3. The van der Waals surface area contributed by atoms with Gasteiger partial charge in [0.05, 0.1) is 11.6 Å². The van der Waals surface area contributed by atoms with Crippen LogP contribution in [-0.4, -0.2) is 33.1 Å². The Morgan fingerprint density at radius 2 is 1.76 bits per heavy atom. The predicted molar refractivity (Wildman–Crippen MR) is 179 cm³/mol. The second-order valence-corrected chi connectivity index (χ2v) is 13.4. The van der Waals surface area contributed by atoms with E-state index in [1.165, 1.54) is 33.6 Å². The quantitative estimate of drug-likeness (QED) is 0.0597. The van der Waals surface area contributed by atoms with Crippen molar-refractivity contribution in [3.8, 4) is 17.2 Å². The van der Waals surface area contributed by atoms with Crippen molar-refractivity contribution >= 4 is 45.7 Å². The van der Waals surface area contributed by atoms with Crippen LogP contribution in [0.15, 0.2) is 107 Å². The first-order valence-corrected chi connectivity index (χ1v) is 16.6. The molecule has 2 aliphatic heterocycles. The van der Waals surface area contributed by atoms with Crippen LogP contribution in [0.25, 0.3) is 5.76 Å². The summed E-state index contributed by atoms with van der Waals surface area (Å²) in [5, 5.41) is 20.7. The van der Waals surface area contributed by atoms with Crippen LogP contribution in [0.4, 0.5) is 5.13 Å². The number of nitrogens with zero attached hydrogens (tertiary/aromatic N) is 3. The molecular formula is C36H29N3O5S2. The van der Waals surface area contributed by atoms with Gasteiger partial charge in [-0.1, -0.05) is 83.3 Å². The van der Waals surface area contributed by atoms with Gasteiger partial charge in [-0.2, -0.15) is 0 Å². The summed E-state index contributed by atoms with van der Waals surface area (Å²) in [4.78, 5) is 28.9. The molecule has 0 saturated carbocycles. The Hall–Kier alpha value is -4.93. The lowest BCUT2D eigenvalue weighted by molar-refractivity contribution is -0.132. The standard InChI is InChI=1S/C36H29N3O5S2/c1-21-11-13-23(14-12-21)20-45-36-38-37-35(46-36)39-31(24-7-6-10-28(19-24)44-27-8-4-3-5-9-27)30(33(41)34(39)42)32(40)25-15-16-29-26(18-25)17-22(2)43-29/h3-16,18-19,22,31,40H,17,20H2,1-2H3/b32-30+. The maximum Gasteiger partial charge on any atom is 0.301 e. The van der Waals surface area contributed by atoms with Crippen LogP contribution >= 0.6 is 23.1 Å². The highest BCUT2D eigenvalue weighted by Gasteiger charge is 2.48. The summed E-state index contributed by atoms with van der Waals surface area (Å²) < 4.78 is 12.6. The fraction of sp³-hybridized carbons (Fsp3) is 0.167. The van der Waals surface area contributed by atoms with Gasteiger partial charge in [-0.3, -0.25) is 14.5 Å². The van der Waals surface area contributed by atoms with Gasteiger partial charge in [0, 0.05) is 17.7 Å². The van der Waals surface area contributed by atoms with Crippen molar-refractivity contribution in [2.45, 2.75) is 42.5 Å². The lowest BCUT2D eigenvalue weighted by atomic mass is 9.94. The van der Waals surface area contributed by atoms with Crippen LogP contribution in [0.2, 0.25) is 0 Å². The Labute approximate surface area is 274 Å². The molecule has 4 aromatic carbocycles. The number of para-hydroxylation sites is 1. The smallest absolute Gasteiger partial charge is 0.301 e. The zero-order chi connectivity index (χ0) is 31.8. The highest BCUT2D eigenvalue weighted by Crippen LogP contribution is 2.45. The Morgan fingerprint density at radius 3 is 2.57 bits per heavy atom. The van der Waals surface area contributed by atoms with Gasteiger partial charge < -0.3 is 14.6 Å². The molecule has 1 N–H and O–H groups in total. The minimum atomic E-state index is -0.967. The minimum Gasteiger partial charge on any atom is -0.507 e. The first kappa shape index (κ1) is 29.8. The van der Waals surface area contributed by atoms with Gasteiger partial charge in [0.1, 0.15) is 29.1 Å². The van der Waals surface area contributed by atoms with E-state index in [4.69, 9.17) is 9.47 Å². The molecule has 7 rings (SSSR count). The van der Waals surface area contributed by atoms with Crippen LogP contribution in [0, 0.1) is 6.92 Å². The largest absolute Gasteiger partial charge is 0.507 e. The van der Waals surface area contributed by atoms with Crippen LogP contribution in [0.5, 0.6) is 17.2 Å². The highest BCUT2D eigenvalue weighted by molar-refractivity contribution is 8.00. The Kier molecular flexibility index (Phi) is 8.06. The molecule has 0 spiro atoms. The van der Waals surface area contributed by atoms with Crippen molar-refractivity contribution in [1.29, 1.82) is 0 Å². The number of benzene rings is 4. The number of rotatable bonds is 8. The molecule has 10 heteroatoms. The Bertz CT molecular complexity index is 1970. The molecule has 0 radical (unpaired) electrons. The fourth-order valence-electron chi connectivity index (χ4n) is 5.63. The number of aromatic nitrogens is 2. The maximum atomic E-state index is 13.8. The summed E-state index contributed by atoms with van der Waals surface area (Å²) in [6.07, 6.45) is 0.696. The topological polar surface area (TPSA) is 102 Å². The molecule has 1 fully saturated rings. The second-order valence-electron chi connectivity index (χ2n) is 11.2. The molecule has 0 aliphatic carbocycles. The number of ketones is 1. The van der Waals surface area contributed by atoms with E-state index in [2.05, 4.69) is 34.5 Å². The van der Waals surface area contributed by atoms with E-state index in [0.717, 1.165) is 16.9 Å². The Balaban J connectivity index is 1.28. The van der Waals surface area contributed by atoms with Crippen LogP contribution in [-0.2, 0) is 21.8 Å². The molecule has 8 nitrogen and oxygen atoms in total. The van der Waals surface area contributed by atoms with E-state index < -0.39 is 17.7 Å². The number of ether oxygens (including phenoxy) is 2.